The minimum atomic E-state index is -4.60. The summed E-state index contributed by atoms with van der Waals surface area (Å²) >= 11 is 0. The number of rotatable bonds is 4. The first-order valence-electron chi connectivity index (χ1n) is 7.23. The van der Waals surface area contributed by atoms with E-state index >= 15 is 0 Å². The molecule has 0 bridgehead atoms. The van der Waals surface area contributed by atoms with Crippen LogP contribution in [-0.2, 0) is 6.42 Å². The van der Waals surface area contributed by atoms with Crippen molar-refractivity contribution in [3.8, 4) is 0 Å². The molecule has 0 spiro atoms. The van der Waals surface area contributed by atoms with Crippen molar-refractivity contribution in [2.24, 2.45) is 5.73 Å². The molecule has 0 saturated carbocycles. The second-order valence-corrected chi connectivity index (χ2v) is 5.79. The highest BCUT2D eigenvalue weighted by Crippen LogP contribution is 2.38. The summed E-state index contributed by atoms with van der Waals surface area (Å²) in [5.74, 6) is -0.332. The number of halogens is 4. The number of hydrogen-bond acceptors (Lipinski definition) is 4. The van der Waals surface area contributed by atoms with Gasteiger partial charge in [-0.15, -0.1) is 0 Å². The van der Waals surface area contributed by atoms with Gasteiger partial charge in [-0.25, -0.2) is 4.39 Å². The van der Waals surface area contributed by atoms with Gasteiger partial charge in [0.15, 0.2) is 5.60 Å². The van der Waals surface area contributed by atoms with Crippen LogP contribution in [0.1, 0.15) is 18.4 Å². The molecule has 0 aliphatic carbocycles. The zero-order valence-corrected chi connectivity index (χ0v) is 12.8. The van der Waals surface area contributed by atoms with Crippen molar-refractivity contribution in [2.75, 3.05) is 19.6 Å². The maximum atomic E-state index is 12.9. The van der Waals surface area contributed by atoms with Gasteiger partial charge in [-0.2, -0.15) is 13.2 Å². The van der Waals surface area contributed by atoms with Crippen LogP contribution in [0.25, 0.3) is 0 Å². The number of nitrogens with zero attached hydrogens (tertiary/aromatic N) is 1. The molecule has 2 rings (SSSR count). The molecule has 1 fully saturated rings. The first-order chi connectivity index (χ1) is 10.2. The van der Waals surface area contributed by atoms with Gasteiger partial charge in [0.1, 0.15) is 5.82 Å². The molecule has 132 valence electrons. The predicted molar refractivity (Wildman–Crippen MR) is 79.8 cm³/mol. The van der Waals surface area contributed by atoms with Crippen molar-refractivity contribution in [3.05, 3.63) is 35.6 Å². The van der Waals surface area contributed by atoms with Crippen molar-refractivity contribution in [1.29, 1.82) is 0 Å². The van der Waals surface area contributed by atoms with Crippen LogP contribution < -0.4 is 11.9 Å². The van der Waals surface area contributed by atoms with Crippen LogP contribution in [-0.4, -0.2) is 47.5 Å². The summed E-state index contributed by atoms with van der Waals surface area (Å²) < 4.78 is 51.3. The molecule has 1 atom stereocenters. The molecule has 6 N–H and O–H groups in total. The van der Waals surface area contributed by atoms with Gasteiger partial charge in [0.2, 0.25) is 0 Å². The Kier molecular flexibility index (Phi) is 6.52. The Morgan fingerprint density at radius 2 is 1.70 bits per heavy atom. The van der Waals surface area contributed by atoms with Gasteiger partial charge in [0.05, 0.1) is 0 Å². The molecule has 23 heavy (non-hydrogen) atoms. The van der Waals surface area contributed by atoms with E-state index in [9.17, 15) is 22.7 Å². The van der Waals surface area contributed by atoms with Crippen LogP contribution in [0.2, 0.25) is 0 Å². The van der Waals surface area contributed by atoms with E-state index in [0.717, 1.165) is 5.56 Å². The highest BCUT2D eigenvalue weighted by Gasteiger charge is 2.54. The SMILES string of the molecule is N.NCC(Cc1ccc(F)cc1)N1CCC(O)(C(F)(F)F)CC1. The maximum absolute atomic E-state index is 12.9. The molecule has 1 heterocycles. The highest BCUT2D eigenvalue weighted by atomic mass is 19.4. The first-order valence-corrected chi connectivity index (χ1v) is 7.23. The van der Waals surface area contributed by atoms with Crippen molar-refractivity contribution < 1.29 is 22.7 Å². The quantitative estimate of drug-likeness (QED) is 0.736. The number of nitrogens with two attached hydrogens (primary N) is 1. The monoisotopic (exact) mass is 337 g/mol. The van der Waals surface area contributed by atoms with Crippen LogP contribution in [0.4, 0.5) is 17.6 Å². The lowest BCUT2D eigenvalue weighted by atomic mass is 9.89. The van der Waals surface area contributed by atoms with Gasteiger partial charge < -0.3 is 17.0 Å². The van der Waals surface area contributed by atoms with Crippen LogP contribution >= 0.6 is 0 Å². The van der Waals surface area contributed by atoms with Gasteiger partial charge in [-0.05, 0) is 37.0 Å². The molecule has 1 unspecified atom stereocenters. The van der Waals surface area contributed by atoms with E-state index in [-0.39, 0.29) is 43.9 Å². The molecule has 1 aliphatic rings. The van der Waals surface area contributed by atoms with Gasteiger partial charge in [-0.1, -0.05) is 12.1 Å². The Labute approximate surface area is 132 Å². The largest absolute Gasteiger partial charge is 0.417 e. The molecule has 0 radical (unpaired) electrons. The molecule has 1 aliphatic heterocycles. The molecular formula is C15H23F4N3O. The van der Waals surface area contributed by atoms with Crippen LogP contribution in [0.5, 0.6) is 0 Å². The third kappa shape index (κ3) is 4.63. The summed E-state index contributed by atoms with van der Waals surface area (Å²) in [6, 6.07) is 5.87. The van der Waals surface area contributed by atoms with Gasteiger partial charge in [0.25, 0.3) is 0 Å². The highest BCUT2D eigenvalue weighted by molar-refractivity contribution is 5.17. The number of hydrogen-bond donors (Lipinski definition) is 3. The third-order valence-electron chi connectivity index (χ3n) is 4.33. The number of likely N-dealkylation sites (tertiary alicyclic amines) is 1. The summed E-state index contributed by atoms with van der Waals surface area (Å²) in [7, 11) is 0. The fourth-order valence-electron chi connectivity index (χ4n) is 2.80. The summed E-state index contributed by atoms with van der Waals surface area (Å²) in [6.07, 6.45) is -4.76. The third-order valence-corrected chi connectivity index (χ3v) is 4.33. The Morgan fingerprint density at radius 1 is 1.17 bits per heavy atom. The summed E-state index contributed by atoms with van der Waals surface area (Å²) in [4.78, 5) is 1.86. The Hall–Kier alpha value is -1.22. The number of piperidine rings is 1. The minimum Gasteiger partial charge on any atom is -0.380 e. The van der Waals surface area contributed by atoms with E-state index < -0.39 is 11.8 Å². The minimum absolute atomic E-state index is 0. The lowest BCUT2D eigenvalue weighted by Crippen LogP contribution is -2.56. The topological polar surface area (TPSA) is 84.5 Å². The predicted octanol–water partition coefficient (Wildman–Crippen LogP) is 2.25. The molecule has 8 heteroatoms. The second kappa shape index (κ2) is 7.57. The van der Waals surface area contributed by atoms with Crippen molar-refractivity contribution in [3.63, 3.8) is 0 Å². The molecule has 0 aromatic heterocycles. The average molecular weight is 337 g/mol. The normalized spacial score (nSPS) is 19.9. The lowest BCUT2D eigenvalue weighted by molar-refractivity contribution is -0.273. The summed E-state index contributed by atoms with van der Waals surface area (Å²) in [5.41, 5.74) is 4.02. The Balaban J connectivity index is 0.00000264. The van der Waals surface area contributed by atoms with Crippen LogP contribution in [0.3, 0.4) is 0 Å². The second-order valence-electron chi connectivity index (χ2n) is 5.79. The van der Waals surface area contributed by atoms with E-state index in [1.54, 1.807) is 12.1 Å². The van der Waals surface area contributed by atoms with Crippen LogP contribution in [0.15, 0.2) is 24.3 Å². The van der Waals surface area contributed by atoms with Crippen molar-refractivity contribution in [1.82, 2.24) is 11.1 Å². The maximum Gasteiger partial charge on any atom is 0.417 e. The van der Waals surface area contributed by atoms with E-state index in [0.29, 0.717) is 13.0 Å². The van der Waals surface area contributed by atoms with E-state index in [1.807, 2.05) is 4.90 Å². The smallest absolute Gasteiger partial charge is 0.380 e. The molecule has 1 aromatic rings. The summed E-state index contributed by atoms with van der Waals surface area (Å²) in [6.45, 7) is 0.569. The van der Waals surface area contributed by atoms with E-state index in [2.05, 4.69) is 0 Å². The fraction of sp³-hybridized carbons (Fsp3) is 0.600. The zero-order valence-electron chi connectivity index (χ0n) is 12.8. The van der Waals surface area contributed by atoms with Gasteiger partial charge in [-0.3, -0.25) is 4.90 Å². The molecule has 1 aromatic carbocycles. The Bertz CT molecular complexity index is 484. The first kappa shape index (κ1) is 19.8. The zero-order chi connectivity index (χ0) is 16.4. The number of aliphatic hydroxyl groups is 1. The average Bonchev–Trinajstić information content (AvgIpc) is 2.47. The van der Waals surface area contributed by atoms with E-state index in [4.69, 9.17) is 5.73 Å². The molecule has 4 nitrogen and oxygen atoms in total. The molecule has 1 saturated heterocycles. The van der Waals surface area contributed by atoms with Crippen molar-refractivity contribution >= 4 is 0 Å². The van der Waals surface area contributed by atoms with Crippen molar-refractivity contribution in [2.45, 2.75) is 37.1 Å². The fourth-order valence-corrected chi connectivity index (χ4v) is 2.80. The molecule has 0 amide bonds. The number of benzene rings is 1. The lowest BCUT2D eigenvalue weighted by Gasteiger charge is -2.42. The standard InChI is InChI=1S/C15H20F4N2O.H3N/c16-12-3-1-11(2-4-12)9-13(10-20)21-7-5-14(22,6-8-21)15(17,18)19;/h1-4,13,22H,5-10,20H2;1H3. The molecular weight excluding hydrogens is 314 g/mol. The van der Waals surface area contributed by atoms with Gasteiger partial charge in [0, 0.05) is 25.7 Å². The number of alkyl halides is 3. The van der Waals surface area contributed by atoms with Crippen LogP contribution in [0, 0.1) is 5.82 Å². The van der Waals surface area contributed by atoms with E-state index in [1.165, 1.54) is 12.1 Å². The Morgan fingerprint density at radius 3 is 2.13 bits per heavy atom. The van der Waals surface area contributed by atoms with Gasteiger partial charge >= 0.3 is 6.18 Å². The summed E-state index contributed by atoms with van der Waals surface area (Å²) in [5, 5.41) is 9.68.